The van der Waals surface area contributed by atoms with Crippen molar-refractivity contribution >= 4 is 5.78 Å². The van der Waals surface area contributed by atoms with Crippen LogP contribution in [0.25, 0.3) is 0 Å². The van der Waals surface area contributed by atoms with Crippen LogP contribution in [0.3, 0.4) is 0 Å². The molecule has 3 nitrogen and oxygen atoms in total. The van der Waals surface area contributed by atoms with Crippen molar-refractivity contribution in [1.82, 2.24) is 0 Å². The van der Waals surface area contributed by atoms with Crippen molar-refractivity contribution in [1.29, 1.82) is 0 Å². The zero-order valence-electron chi connectivity index (χ0n) is 9.12. The van der Waals surface area contributed by atoms with Crippen molar-refractivity contribution in [3.05, 3.63) is 35.4 Å². The molecule has 0 heterocycles. The maximum absolute atomic E-state index is 12.4. The number of alkyl halides is 3. The maximum Gasteiger partial charge on any atom is 0.416 e. The van der Waals surface area contributed by atoms with Gasteiger partial charge in [0.25, 0.3) is 0 Å². The van der Waals surface area contributed by atoms with Gasteiger partial charge in [0.2, 0.25) is 5.78 Å². The van der Waals surface area contributed by atoms with E-state index < -0.39 is 23.8 Å². The van der Waals surface area contributed by atoms with E-state index in [2.05, 4.69) is 0 Å². The van der Waals surface area contributed by atoms with Crippen molar-refractivity contribution in [2.24, 2.45) is 5.73 Å². The van der Waals surface area contributed by atoms with E-state index in [1.807, 2.05) is 0 Å². The van der Waals surface area contributed by atoms with Crippen molar-refractivity contribution in [2.75, 3.05) is 6.61 Å². The van der Waals surface area contributed by atoms with Crippen molar-refractivity contribution < 1.29 is 22.7 Å². The summed E-state index contributed by atoms with van der Waals surface area (Å²) in [5.41, 5.74) is 4.37. The van der Waals surface area contributed by atoms with Crippen LogP contribution in [0.15, 0.2) is 24.3 Å². The third-order valence-corrected chi connectivity index (χ3v) is 2.08. The molecule has 0 aliphatic rings. The third kappa shape index (κ3) is 3.54. The van der Waals surface area contributed by atoms with Crippen molar-refractivity contribution in [3.8, 4) is 0 Å². The Bertz CT molecular complexity index is 404. The van der Waals surface area contributed by atoms with Gasteiger partial charge in [0, 0.05) is 12.2 Å². The fraction of sp³-hybridized carbons (Fsp3) is 0.364. The molecule has 0 saturated carbocycles. The van der Waals surface area contributed by atoms with Gasteiger partial charge in [0.1, 0.15) is 0 Å². The predicted octanol–water partition coefficient (Wildman–Crippen LogP) is 2.21. The average Bonchev–Trinajstić information content (AvgIpc) is 2.27. The Kier molecular flexibility index (Phi) is 4.25. The molecule has 0 aromatic heterocycles. The van der Waals surface area contributed by atoms with E-state index in [1.165, 1.54) is 6.07 Å². The van der Waals surface area contributed by atoms with Gasteiger partial charge in [0.15, 0.2) is 6.23 Å². The number of ketones is 1. The van der Waals surface area contributed by atoms with Gasteiger partial charge in [-0.25, -0.2) is 0 Å². The predicted molar refractivity (Wildman–Crippen MR) is 55.4 cm³/mol. The summed E-state index contributed by atoms with van der Waals surface area (Å²) in [6.07, 6.45) is -5.71. The number of Topliss-reactive ketones (excluding diaryl/α,β-unsaturated/α-hetero) is 1. The highest BCUT2D eigenvalue weighted by molar-refractivity contribution is 5.99. The molecular formula is C11H12F3NO2. The SMILES string of the molecule is CCOC(N)C(=O)c1cccc(C(F)(F)F)c1. The number of hydrogen-bond donors (Lipinski definition) is 1. The lowest BCUT2D eigenvalue weighted by atomic mass is 10.1. The number of nitrogens with two attached hydrogens (primary N) is 1. The molecule has 0 radical (unpaired) electrons. The van der Waals surface area contributed by atoms with Gasteiger partial charge in [-0.3, -0.25) is 10.5 Å². The summed E-state index contributed by atoms with van der Waals surface area (Å²) < 4.78 is 42.1. The van der Waals surface area contributed by atoms with E-state index in [4.69, 9.17) is 10.5 Å². The highest BCUT2D eigenvalue weighted by Crippen LogP contribution is 2.29. The molecular weight excluding hydrogens is 235 g/mol. The molecule has 0 fully saturated rings. The van der Waals surface area contributed by atoms with Gasteiger partial charge in [-0.2, -0.15) is 13.2 Å². The van der Waals surface area contributed by atoms with Crippen LogP contribution >= 0.6 is 0 Å². The first-order valence-electron chi connectivity index (χ1n) is 4.95. The standard InChI is InChI=1S/C11H12F3NO2/c1-2-17-10(15)9(16)7-4-3-5-8(6-7)11(12,13)14/h3-6,10H,2,15H2,1H3. The molecule has 0 aliphatic heterocycles. The number of hydrogen-bond acceptors (Lipinski definition) is 3. The number of benzene rings is 1. The van der Waals surface area contributed by atoms with Crippen LogP contribution in [-0.4, -0.2) is 18.6 Å². The normalized spacial score (nSPS) is 13.5. The number of ether oxygens (including phenoxy) is 1. The van der Waals surface area contributed by atoms with E-state index in [0.717, 1.165) is 18.2 Å². The smallest absolute Gasteiger partial charge is 0.356 e. The summed E-state index contributed by atoms with van der Waals surface area (Å²) in [5, 5.41) is 0. The lowest BCUT2D eigenvalue weighted by Crippen LogP contribution is -2.33. The molecule has 1 rings (SSSR count). The Labute approximate surface area is 96.4 Å². The van der Waals surface area contributed by atoms with Crippen molar-refractivity contribution in [2.45, 2.75) is 19.3 Å². The molecule has 6 heteroatoms. The molecule has 2 N–H and O–H groups in total. The minimum absolute atomic E-state index is 0.110. The molecule has 0 aliphatic carbocycles. The Hall–Kier alpha value is -1.40. The fourth-order valence-electron chi connectivity index (χ4n) is 1.27. The number of carbonyl (C=O) groups excluding carboxylic acids is 1. The maximum atomic E-state index is 12.4. The number of carbonyl (C=O) groups is 1. The topological polar surface area (TPSA) is 52.3 Å². The van der Waals surface area contributed by atoms with E-state index in [1.54, 1.807) is 6.92 Å². The van der Waals surface area contributed by atoms with Crippen molar-refractivity contribution in [3.63, 3.8) is 0 Å². The second-order valence-electron chi connectivity index (χ2n) is 3.32. The zero-order chi connectivity index (χ0) is 13.1. The molecule has 1 aromatic carbocycles. The molecule has 0 bridgehead atoms. The Balaban J connectivity index is 2.96. The first-order valence-corrected chi connectivity index (χ1v) is 4.95. The van der Waals surface area contributed by atoms with Gasteiger partial charge >= 0.3 is 6.18 Å². The Morgan fingerprint density at radius 1 is 1.47 bits per heavy atom. The zero-order valence-corrected chi connectivity index (χ0v) is 9.12. The van der Waals surface area contributed by atoms with Gasteiger partial charge in [0.05, 0.1) is 5.56 Å². The highest BCUT2D eigenvalue weighted by atomic mass is 19.4. The highest BCUT2D eigenvalue weighted by Gasteiger charge is 2.31. The van der Waals surface area contributed by atoms with E-state index in [9.17, 15) is 18.0 Å². The van der Waals surface area contributed by atoms with Gasteiger partial charge in [-0.15, -0.1) is 0 Å². The quantitative estimate of drug-likeness (QED) is 0.655. The van der Waals surface area contributed by atoms with Crippen LogP contribution in [0.1, 0.15) is 22.8 Å². The molecule has 17 heavy (non-hydrogen) atoms. The van der Waals surface area contributed by atoms with Gasteiger partial charge in [-0.05, 0) is 19.1 Å². The fourth-order valence-corrected chi connectivity index (χ4v) is 1.27. The van der Waals surface area contributed by atoms with Crippen LogP contribution in [0.2, 0.25) is 0 Å². The second-order valence-corrected chi connectivity index (χ2v) is 3.32. The lowest BCUT2D eigenvalue weighted by Gasteiger charge is -2.12. The molecule has 1 atom stereocenters. The van der Waals surface area contributed by atoms with Crippen LogP contribution in [0.5, 0.6) is 0 Å². The first-order chi connectivity index (χ1) is 7.86. The van der Waals surface area contributed by atoms with Crippen LogP contribution in [-0.2, 0) is 10.9 Å². The molecule has 1 unspecified atom stereocenters. The first kappa shape index (κ1) is 13.7. The van der Waals surface area contributed by atoms with E-state index in [-0.39, 0.29) is 12.2 Å². The summed E-state index contributed by atoms with van der Waals surface area (Å²) in [4.78, 5) is 11.6. The minimum Gasteiger partial charge on any atom is -0.356 e. The molecule has 0 amide bonds. The summed E-state index contributed by atoms with van der Waals surface area (Å²) >= 11 is 0. The average molecular weight is 247 g/mol. The summed E-state index contributed by atoms with van der Waals surface area (Å²) in [6, 6.07) is 4.09. The summed E-state index contributed by atoms with van der Waals surface area (Å²) in [6.45, 7) is 1.85. The molecule has 94 valence electrons. The Morgan fingerprint density at radius 2 is 2.12 bits per heavy atom. The molecule has 0 spiro atoms. The van der Waals surface area contributed by atoms with Gasteiger partial charge < -0.3 is 4.74 Å². The summed E-state index contributed by atoms with van der Waals surface area (Å²) in [5.74, 6) is -0.669. The molecule has 1 aromatic rings. The second kappa shape index (κ2) is 5.29. The monoisotopic (exact) mass is 247 g/mol. The van der Waals surface area contributed by atoms with Crippen LogP contribution in [0, 0.1) is 0 Å². The largest absolute Gasteiger partial charge is 0.416 e. The molecule has 0 saturated heterocycles. The number of halogens is 3. The van der Waals surface area contributed by atoms with E-state index >= 15 is 0 Å². The lowest BCUT2D eigenvalue weighted by molar-refractivity contribution is -0.137. The van der Waals surface area contributed by atoms with E-state index in [0.29, 0.717) is 0 Å². The van der Waals surface area contributed by atoms with Crippen LogP contribution < -0.4 is 5.73 Å². The third-order valence-electron chi connectivity index (χ3n) is 2.08. The minimum atomic E-state index is -4.48. The van der Waals surface area contributed by atoms with Gasteiger partial charge in [-0.1, -0.05) is 12.1 Å². The summed E-state index contributed by atoms with van der Waals surface area (Å²) in [7, 11) is 0. The van der Waals surface area contributed by atoms with Crippen LogP contribution in [0.4, 0.5) is 13.2 Å². The Morgan fingerprint density at radius 3 is 2.65 bits per heavy atom. The number of rotatable bonds is 4.